The molecule has 1 fully saturated rings. The van der Waals surface area contributed by atoms with Crippen LogP contribution >= 0.6 is 0 Å². The first-order valence-corrected chi connectivity index (χ1v) is 7.23. The monoisotopic (exact) mass is 292 g/mol. The predicted molar refractivity (Wildman–Crippen MR) is 81.2 cm³/mol. The minimum Gasteiger partial charge on any atom is -0.487 e. The summed E-state index contributed by atoms with van der Waals surface area (Å²) < 4.78 is 12.2. The average Bonchev–Trinajstić information content (AvgIpc) is 2.50. The lowest BCUT2D eigenvalue weighted by molar-refractivity contribution is -0.0847. The molecule has 0 aliphatic carbocycles. The summed E-state index contributed by atoms with van der Waals surface area (Å²) in [5, 5.41) is 9.10. The van der Waals surface area contributed by atoms with Crippen LogP contribution in [0.3, 0.4) is 0 Å². The number of carbonyl (C=O) groups is 1. The number of ether oxygens (including phenoxy) is 2. The highest BCUT2D eigenvalue weighted by Crippen LogP contribution is 2.40. The first kappa shape index (κ1) is 15.8. The number of hydrogen-bond donors (Lipinski definition) is 1. The summed E-state index contributed by atoms with van der Waals surface area (Å²) in [4.78, 5) is 11.1. The third kappa shape index (κ3) is 3.21. The molecule has 1 atom stereocenters. The molecule has 1 aromatic rings. The van der Waals surface area contributed by atoms with Gasteiger partial charge in [-0.05, 0) is 64.8 Å². The van der Waals surface area contributed by atoms with E-state index in [1.54, 1.807) is 12.1 Å². The molecular formula is C17H24O4. The molecule has 0 spiro atoms. The maximum atomic E-state index is 11.1. The summed E-state index contributed by atoms with van der Waals surface area (Å²) in [5.41, 5.74) is 1.39. The van der Waals surface area contributed by atoms with Gasteiger partial charge in [-0.15, -0.1) is 0 Å². The van der Waals surface area contributed by atoms with E-state index in [1.165, 1.54) is 0 Å². The Morgan fingerprint density at radius 2 is 1.76 bits per heavy atom. The highest BCUT2D eigenvalue weighted by atomic mass is 16.6. The van der Waals surface area contributed by atoms with Crippen molar-refractivity contribution in [2.45, 2.75) is 65.3 Å². The Hall–Kier alpha value is -1.55. The van der Waals surface area contributed by atoms with Crippen LogP contribution in [0.15, 0.2) is 12.1 Å². The molecule has 1 N–H and O–H groups in total. The molecule has 0 aromatic heterocycles. The molecule has 4 nitrogen and oxygen atoms in total. The standard InChI is InChI=1S/C17H24O4/c1-10-7-12(15(18)19)8-11(2)14(10)20-13-9-16(3,4)21-17(13,5)6/h7-8,13H,9H2,1-6H3,(H,18,19). The number of carboxylic acids is 1. The smallest absolute Gasteiger partial charge is 0.335 e. The van der Waals surface area contributed by atoms with Crippen LogP contribution < -0.4 is 4.74 Å². The number of hydrogen-bond acceptors (Lipinski definition) is 3. The van der Waals surface area contributed by atoms with Gasteiger partial charge in [0.15, 0.2) is 0 Å². The van der Waals surface area contributed by atoms with Crippen molar-refractivity contribution in [3.05, 3.63) is 28.8 Å². The Morgan fingerprint density at radius 3 is 2.14 bits per heavy atom. The highest BCUT2D eigenvalue weighted by molar-refractivity contribution is 5.88. The van der Waals surface area contributed by atoms with E-state index in [2.05, 4.69) is 13.8 Å². The molecular weight excluding hydrogens is 268 g/mol. The van der Waals surface area contributed by atoms with Gasteiger partial charge in [-0.2, -0.15) is 0 Å². The van der Waals surface area contributed by atoms with Gasteiger partial charge in [0.1, 0.15) is 17.5 Å². The molecule has 1 aromatic carbocycles. The summed E-state index contributed by atoms with van der Waals surface area (Å²) in [7, 11) is 0. The third-order valence-corrected chi connectivity index (χ3v) is 3.96. The van der Waals surface area contributed by atoms with Gasteiger partial charge in [-0.25, -0.2) is 4.79 Å². The summed E-state index contributed by atoms with van der Waals surface area (Å²) in [6.45, 7) is 11.9. The maximum Gasteiger partial charge on any atom is 0.335 e. The van der Waals surface area contributed by atoms with Gasteiger partial charge in [0.05, 0.1) is 11.2 Å². The Balaban J connectivity index is 2.30. The second-order valence-corrected chi connectivity index (χ2v) is 7.02. The first-order chi connectivity index (χ1) is 9.52. The van der Waals surface area contributed by atoms with E-state index < -0.39 is 5.97 Å². The Kier molecular flexibility index (Phi) is 3.79. The molecule has 4 heteroatoms. The zero-order valence-corrected chi connectivity index (χ0v) is 13.6. The second-order valence-electron chi connectivity index (χ2n) is 7.02. The normalized spacial score (nSPS) is 23.0. The predicted octanol–water partition coefficient (Wildman–Crippen LogP) is 3.73. The minimum atomic E-state index is -0.918. The number of benzene rings is 1. The fraction of sp³-hybridized carbons (Fsp3) is 0.588. The number of aryl methyl sites for hydroxylation is 2. The van der Waals surface area contributed by atoms with Crippen molar-refractivity contribution in [1.82, 2.24) is 0 Å². The van der Waals surface area contributed by atoms with Crippen molar-refractivity contribution in [2.24, 2.45) is 0 Å². The summed E-state index contributed by atoms with van der Waals surface area (Å²) in [5.74, 6) is -0.155. The molecule has 1 heterocycles. The summed E-state index contributed by atoms with van der Waals surface area (Å²) in [6, 6.07) is 3.30. The van der Waals surface area contributed by atoms with Crippen LogP contribution in [0.2, 0.25) is 0 Å². The fourth-order valence-corrected chi connectivity index (χ4v) is 3.10. The lowest BCUT2D eigenvalue weighted by Crippen LogP contribution is -2.37. The van der Waals surface area contributed by atoms with Gasteiger partial charge < -0.3 is 14.6 Å². The maximum absolute atomic E-state index is 11.1. The SMILES string of the molecule is Cc1cc(C(=O)O)cc(C)c1OC1CC(C)(C)OC1(C)C. The van der Waals surface area contributed by atoms with Crippen molar-refractivity contribution in [1.29, 1.82) is 0 Å². The topological polar surface area (TPSA) is 55.8 Å². The zero-order valence-electron chi connectivity index (χ0n) is 13.6. The van der Waals surface area contributed by atoms with Crippen LogP contribution in [0.4, 0.5) is 0 Å². The lowest BCUT2D eigenvalue weighted by atomic mass is 9.96. The number of carboxylic acid groups (broad SMARTS) is 1. The van der Waals surface area contributed by atoms with Crippen molar-refractivity contribution in [3.8, 4) is 5.75 Å². The quantitative estimate of drug-likeness (QED) is 0.922. The van der Waals surface area contributed by atoms with Crippen molar-refractivity contribution >= 4 is 5.97 Å². The van der Waals surface area contributed by atoms with Crippen LogP contribution in [-0.4, -0.2) is 28.4 Å². The van der Waals surface area contributed by atoms with E-state index in [9.17, 15) is 4.79 Å². The minimum absolute atomic E-state index is 0.0550. The molecule has 1 unspecified atom stereocenters. The lowest BCUT2D eigenvalue weighted by Gasteiger charge is -2.28. The van der Waals surface area contributed by atoms with Crippen molar-refractivity contribution in [2.75, 3.05) is 0 Å². The Labute approximate surface area is 126 Å². The molecule has 1 saturated heterocycles. The third-order valence-electron chi connectivity index (χ3n) is 3.96. The van der Waals surface area contributed by atoms with E-state index in [4.69, 9.17) is 14.6 Å². The van der Waals surface area contributed by atoms with E-state index in [0.717, 1.165) is 23.3 Å². The van der Waals surface area contributed by atoms with E-state index in [0.29, 0.717) is 5.56 Å². The largest absolute Gasteiger partial charge is 0.487 e. The molecule has 0 radical (unpaired) electrons. The fourth-order valence-electron chi connectivity index (χ4n) is 3.10. The van der Waals surface area contributed by atoms with Gasteiger partial charge in [0.2, 0.25) is 0 Å². The number of aromatic carboxylic acids is 1. The van der Waals surface area contributed by atoms with Crippen LogP contribution in [0.1, 0.15) is 55.6 Å². The highest BCUT2D eigenvalue weighted by Gasteiger charge is 2.47. The first-order valence-electron chi connectivity index (χ1n) is 7.23. The van der Waals surface area contributed by atoms with E-state index >= 15 is 0 Å². The van der Waals surface area contributed by atoms with Crippen molar-refractivity contribution < 1.29 is 19.4 Å². The van der Waals surface area contributed by atoms with Crippen LogP contribution in [-0.2, 0) is 4.74 Å². The van der Waals surface area contributed by atoms with Gasteiger partial charge >= 0.3 is 5.97 Å². The van der Waals surface area contributed by atoms with E-state index in [-0.39, 0.29) is 17.3 Å². The molecule has 0 saturated carbocycles. The molecule has 116 valence electrons. The summed E-state index contributed by atoms with van der Waals surface area (Å²) in [6.07, 6.45) is 0.750. The Bertz CT molecular complexity index is 549. The molecule has 0 bridgehead atoms. The van der Waals surface area contributed by atoms with Crippen LogP contribution in [0.25, 0.3) is 0 Å². The van der Waals surface area contributed by atoms with Gasteiger partial charge in [-0.3, -0.25) is 0 Å². The van der Waals surface area contributed by atoms with Gasteiger partial charge in [0, 0.05) is 6.42 Å². The Morgan fingerprint density at radius 1 is 1.24 bits per heavy atom. The summed E-state index contributed by atoms with van der Waals surface area (Å²) >= 11 is 0. The molecule has 0 amide bonds. The van der Waals surface area contributed by atoms with Crippen LogP contribution in [0, 0.1) is 13.8 Å². The molecule has 21 heavy (non-hydrogen) atoms. The molecule has 1 aliphatic rings. The zero-order chi connectivity index (χ0) is 16.0. The molecule has 2 rings (SSSR count). The van der Waals surface area contributed by atoms with Gasteiger partial charge in [-0.1, -0.05) is 0 Å². The van der Waals surface area contributed by atoms with Crippen LogP contribution in [0.5, 0.6) is 5.75 Å². The average molecular weight is 292 g/mol. The number of rotatable bonds is 3. The molecule has 1 aliphatic heterocycles. The van der Waals surface area contributed by atoms with Crippen molar-refractivity contribution in [3.63, 3.8) is 0 Å². The van der Waals surface area contributed by atoms with Gasteiger partial charge in [0.25, 0.3) is 0 Å². The second kappa shape index (κ2) is 5.02. The van der Waals surface area contributed by atoms with E-state index in [1.807, 2.05) is 27.7 Å².